The van der Waals surface area contributed by atoms with Gasteiger partial charge in [0.25, 0.3) is 0 Å². The Morgan fingerprint density at radius 3 is 2.93 bits per heavy atom. The lowest BCUT2D eigenvalue weighted by Gasteiger charge is -2.17. The standard InChI is InChI=1S/C11H12N2O/c1-7(2)10-8-4-3-5-12-11(8)9(14)6-13-10/h3-5,7H,6H2,1-2H3. The monoisotopic (exact) mass is 188 g/mol. The highest BCUT2D eigenvalue weighted by Crippen LogP contribution is 2.17. The highest BCUT2D eigenvalue weighted by atomic mass is 16.1. The van der Waals surface area contributed by atoms with Crippen molar-refractivity contribution >= 4 is 11.5 Å². The number of carbonyl (C=O) groups is 1. The van der Waals surface area contributed by atoms with Crippen molar-refractivity contribution in [2.24, 2.45) is 10.9 Å². The average Bonchev–Trinajstić information content (AvgIpc) is 2.18. The molecule has 2 rings (SSSR count). The van der Waals surface area contributed by atoms with Gasteiger partial charge in [-0.1, -0.05) is 13.8 Å². The number of hydrogen-bond donors (Lipinski definition) is 0. The SMILES string of the molecule is CC(C)C1=NCC(=O)c2ncccc21. The molecule has 0 saturated heterocycles. The fraction of sp³-hybridized carbons (Fsp3) is 0.364. The molecule has 0 atom stereocenters. The Morgan fingerprint density at radius 1 is 1.43 bits per heavy atom. The predicted octanol–water partition coefficient (Wildman–Crippen LogP) is 1.72. The van der Waals surface area contributed by atoms with Gasteiger partial charge in [-0.3, -0.25) is 14.8 Å². The van der Waals surface area contributed by atoms with E-state index in [4.69, 9.17) is 0 Å². The number of nitrogens with zero attached hydrogens (tertiary/aromatic N) is 2. The van der Waals surface area contributed by atoms with Gasteiger partial charge < -0.3 is 0 Å². The van der Waals surface area contributed by atoms with Crippen molar-refractivity contribution in [3.05, 3.63) is 29.6 Å². The van der Waals surface area contributed by atoms with E-state index >= 15 is 0 Å². The van der Waals surface area contributed by atoms with Gasteiger partial charge >= 0.3 is 0 Å². The topological polar surface area (TPSA) is 42.3 Å². The van der Waals surface area contributed by atoms with Gasteiger partial charge in [-0.25, -0.2) is 0 Å². The Morgan fingerprint density at radius 2 is 2.21 bits per heavy atom. The minimum absolute atomic E-state index is 0.0185. The first-order valence-electron chi connectivity index (χ1n) is 4.73. The Bertz CT molecular complexity index is 408. The second-order valence-corrected chi connectivity index (χ2v) is 3.68. The van der Waals surface area contributed by atoms with Gasteiger partial charge in [-0.15, -0.1) is 0 Å². The molecule has 0 bridgehead atoms. The summed E-state index contributed by atoms with van der Waals surface area (Å²) in [5.41, 5.74) is 2.47. The van der Waals surface area contributed by atoms with Gasteiger partial charge in [0.2, 0.25) is 5.78 Å². The second kappa shape index (κ2) is 3.33. The Kier molecular flexibility index (Phi) is 2.15. The molecule has 0 aromatic carbocycles. The number of hydrogen-bond acceptors (Lipinski definition) is 3. The van der Waals surface area contributed by atoms with Gasteiger partial charge in [0.15, 0.2) is 0 Å². The summed E-state index contributed by atoms with van der Waals surface area (Å²) in [6.45, 7) is 4.40. The number of aliphatic imine (C=N–C) groups is 1. The van der Waals surface area contributed by atoms with Crippen LogP contribution in [0, 0.1) is 5.92 Å². The summed E-state index contributed by atoms with van der Waals surface area (Å²) in [5, 5.41) is 0. The first kappa shape index (κ1) is 9.06. The molecule has 0 spiro atoms. The highest BCUT2D eigenvalue weighted by molar-refractivity contribution is 6.14. The Hall–Kier alpha value is -1.51. The number of ketones is 1. The lowest BCUT2D eigenvalue weighted by atomic mass is 9.95. The quantitative estimate of drug-likeness (QED) is 0.673. The van der Waals surface area contributed by atoms with Crippen LogP contribution in [0.4, 0.5) is 0 Å². The number of fused-ring (bicyclic) bond motifs is 1. The van der Waals surface area contributed by atoms with Gasteiger partial charge in [-0.2, -0.15) is 0 Å². The summed E-state index contributed by atoms with van der Waals surface area (Å²) in [5.74, 6) is 0.357. The maximum absolute atomic E-state index is 11.5. The first-order chi connectivity index (χ1) is 6.70. The minimum atomic E-state index is 0.0185. The van der Waals surface area contributed by atoms with Gasteiger partial charge in [0.05, 0.1) is 0 Å². The molecule has 0 amide bonds. The molecule has 3 nitrogen and oxygen atoms in total. The first-order valence-corrected chi connectivity index (χ1v) is 4.73. The predicted molar refractivity (Wildman–Crippen MR) is 54.8 cm³/mol. The Labute approximate surface area is 82.9 Å². The molecule has 0 radical (unpaired) electrons. The molecule has 3 heteroatoms. The number of pyridine rings is 1. The van der Waals surface area contributed by atoms with Crippen molar-refractivity contribution in [2.45, 2.75) is 13.8 Å². The van der Waals surface area contributed by atoms with Crippen LogP contribution < -0.4 is 0 Å². The molecular weight excluding hydrogens is 176 g/mol. The molecule has 0 aliphatic carbocycles. The molecule has 0 N–H and O–H groups in total. The normalized spacial score (nSPS) is 15.4. The van der Waals surface area contributed by atoms with Crippen LogP contribution in [0.2, 0.25) is 0 Å². The van der Waals surface area contributed by atoms with Crippen molar-refractivity contribution in [1.29, 1.82) is 0 Å². The maximum Gasteiger partial charge on any atom is 0.203 e. The van der Waals surface area contributed by atoms with Crippen molar-refractivity contribution in [2.75, 3.05) is 6.54 Å². The smallest absolute Gasteiger partial charge is 0.203 e. The van der Waals surface area contributed by atoms with E-state index in [0.717, 1.165) is 11.3 Å². The molecule has 1 aromatic rings. The number of aromatic nitrogens is 1. The van der Waals surface area contributed by atoms with E-state index in [1.807, 2.05) is 12.1 Å². The van der Waals surface area contributed by atoms with E-state index in [9.17, 15) is 4.79 Å². The zero-order valence-electron chi connectivity index (χ0n) is 8.32. The van der Waals surface area contributed by atoms with Gasteiger partial charge in [0.1, 0.15) is 12.2 Å². The third kappa shape index (κ3) is 1.35. The molecule has 0 fully saturated rings. The van der Waals surface area contributed by atoms with Crippen molar-refractivity contribution in [3.8, 4) is 0 Å². The van der Waals surface area contributed by atoms with E-state index < -0.39 is 0 Å². The summed E-state index contributed by atoms with van der Waals surface area (Å²) < 4.78 is 0. The van der Waals surface area contributed by atoms with Gasteiger partial charge in [-0.05, 0) is 18.1 Å². The van der Waals surface area contributed by atoms with Crippen LogP contribution in [-0.2, 0) is 0 Å². The summed E-state index contributed by atoms with van der Waals surface area (Å²) in [6, 6.07) is 3.76. The van der Waals surface area contributed by atoms with Crippen molar-refractivity contribution < 1.29 is 4.79 Å². The highest BCUT2D eigenvalue weighted by Gasteiger charge is 2.22. The minimum Gasteiger partial charge on any atom is -0.290 e. The molecule has 1 aromatic heterocycles. The summed E-state index contributed by atoms with van der Waals surface area (Å²) >= 11 is 0. The molecule has 0 unspecified atom stereocenters. The number of carbonyl (C=O) groups excluding carboxylic acids is 1. The summed E-state index contributed by atoms with van der Waals surface area (Å²) in [4.78, 5) is 19.9. The van der Waals surface area contributed by atoms with Crippen LogP contribution in [0.5, 0.6) is 0 Å². The number of Topliss-reactive ketones (excluding diaryl/α,β-unsaturated/α-hetero) is 1. The maximum atomic E-state index is 11.5. The molecule has 72 valence electrons. The largest absolute Gasteiger partial charge is 0.290 e. The van der Waals surface area contributed by atoms with Crippen molar-refractivity contribution in [3.63, 3.8) is 0 Å². The second-order valence-electron chi connectivity index (χ2n) is 3.68. The van der Waals surface area contributed by atoms with E-state index in [-0.39, 0.29) is 12.3 Å². The zero-order chi connectivity index (χ0) is 10.1. The van der Waals surface area contributed by atoms with Crippen LogP contribution in [0.3, 0.4) is 0 Å². The molecule has 14 heavy (non-hydrogen) atoms. The van der Waals surface area contributed by atoms with E-state index in [1.165, 1.54) is 0 Å². The lowest BCUT2D eigenvalue weighted by molar-refractivity contribution is 0.0995. The van der Waals surface area contributed by atoms with Crippen LogP contribution in [-0.4, -0.2) is 23.0 Å². The van der Waals surface area contributed by atoms with Gasteiger partial charge in [0, 0.05) is 17.5 Å². The van der Waals surface area contributed by atoms with Crippen molar-refractivity contribution in [1.82, 2.24) is 4.98 Å². The molecule has 1 aliphatic heterocycles. The van der Waals surface area contributed by atoms with Crippen LogP contribution in [0.25, 0.3) is 0 Å². The summed E-state index contributed by atoms with van der Waals surface area (Å²) in [7, 11) is 0. The summed E-state index contributed by atoms with van der Waals surface area (Å²) in [6.07, 6.45) is 1.65. The zero-order valence-corrected chi connectivity index (χ0v) is 8.32. The van der Waals surface area contributed by atoms with E-state index in [2.05, 4.69) is 23.8 Å². The molecule has 1 aliphatic rings. The van der Waals surface area contributed by atoms with E-state index in [0.29, 0.717) is 11.6 Å². The fourth-order valence-electron chi connectivity index (χ4n) is 1.64. The Balaban J connectivity index is 2.57. The van der Waals surface area contributed by atoms with Crippen LogP contribution in [0.15, 0.2) is 23.3 Å². The van der Waals surface area contributed by atoms with E-state index in [1.54, 1.807) is 6.20 Å². The fourth-order valence-corrected chi connectivity index (χ4v) is 1.64. The average molecular weight is 188 g/mol. The number of rotatable bonds is 1. The molecular formula is C11H12N2O. The third-order valence-electron chi connectivity index (χ3n) is 2.29. The molecule has 2 heterocycles. The third-order valence-corrected chi connectivity index (χ3v) is 2.29. The molecule has 0 saturated carbocycles. The van der Waals surface area contributed by atoms with Crippen LogP contribution in [0.1, 0.15) is 29.9 Å². The van der Waals surface area contributed by atoms with Crippen LogP contribution >= 0.6 is 0 Å². The lowest BCUT2D eigenvalue weighted by Crippen LogP contribution is -2.23.